The molecule has 0 unspecified atom stereocenters. The van der Waals surface area contributed by atoms with E-state index in [1.807, 2.05) is 12.1 Å². The molecule has 0 saturated heterocycles. The quantitative estimate of drug-likeness (QED) is 0.643. The second kappa shape index (κ2) is 7.07. The van der Waals surface area contributed by atoms with Crippen molar-refractivity contribution in [2.75, 3.05) is 0 Å². The zero-order chi connectivity index (χ0) is 16.1. The van der Waals surface area contributed by atoms with E-state index in [-0.39, 0.29) is 10.3 Å². The Bertz CT molecular complexity index is 565. The average Bonchev–Trinajstić information content (AvgIpc) is 2.43. The first-order chi connectivity index (χ1) is 9.70. The number of nitrogens with zero attached hydrogens (tertiary/aromatic N) is 1. The zero-order valence-corrected chi connectivity index (χ0v) is 14.4. The summed E-state index contributed by atoms with van der Waals surface area (Å²) in [7, 11) is -3.58. The van der Waals surface area contributed by atoms with Gasteiger partial charge in [0.1, 0.15) is 0 Å². The molecule has 0 aliphatic heterocycles. The van der Waals surface area contributed by atoms with Crippen LogP contribution >= 0.6 is 0 Å². The lowest BCUT2D eigenvalue weighted by molar-refractivity contribution is 0.579. The third kappa shape index (κ3) is 5.16. The minimum absolute atomic E-state index is 0.00332. The van der Waals surface area contributed by atoms with Gasteiger partial charge in [0.05, 0.1) is 4.90 Å². The first-order valence-electron chi connectivity index (χ1n) is 7.36. The summed E-state index contributed by atoms with van der Waals surface area (Å²) in [5, 5.41) is 3.87. The van der Waals surface area contributed by atoms with Crippen molar-refractivity contribution in [2.45, 2.75) is 57.8 Å². The van der Waals surface area contributed by atoms with Crippen molar-refractivity contribution in [1.82, 2.24) is 4.83 Å². The van der Waals surface area contributed by atoms with Crippen molar-refractivity contribution < 1.29 is 8.42 Å². The summed E-state index contributed by atoms with van der Waals surface area (Å²) in [6.07, 6.45) is 3.56. The van der Waals surface area contributed by atoms with E-state index in [1.165, 1.54) is 0 Å². The highest BCUT2D eigenvalue weighted by Crippen LogP contribution is 2.23. The number of hydrazone groups is 1. The first kappa shape index (κ1) is 17.7. The molecule has 0 bridgehead atoms. The Morgan fingerprint density at radius 2 is 1.67 bits per heavy atom. The van der Waals surface area contributed by atoms with Crippen molar-refractivity contribution >= 4 is 16.2 Å². The SMILES string of the molecule is CCC(/C=N\NS(=O)(=O)c1ccc(C(C)(C)C)cc1)CC. The molecular weight excluding hydrogens is 284 g/mol. The van der Waals surface area contributed by atoms with Crippen LogP contribution < -0.4 is 4.83 Å². The molecule has 0 aliphatic carbocycles. The maximum atomic E-state index is 12.1. The van der Waals surface area contributed by atoms with Crippen LogP contribution in [-0.2, 0) is 15.4 Å². The third-order valence-electron chi connectivity index (χ3n) is 3.54. The molecule has 1 aromatic carbocycles. The van der Waals surface area contributed by atoms with Crippen LogP contribution in [0.2, 0.25) is 0 Å². The Balaban J connectivity index is 2.84. The van der Waals surface area contributed by atoms with Crippen LogP contribution in [0.4, 0.5) is 0 Å². The van der Waals surface area contributed by atoms with Gasteiger partial charge in [-0.3, -0.25) is 0 Å². The van der Waals surface area contributed by atoms with Crippen LogP contribution in [0.15, 0.2) is 34.3 Å². The third-order valence-corrected chi connectivity index (χ3v) is 4.78. The van der Waals surface area contributed by atoms with Gasteiger partial charge in [0.15, 0.2) is 0 Å². The van der Waals surface area contributed by atoms with Crippen molar-refractivity contribution in [3.05, 3.63) is 29.8 Å². The van der Waals surface area contributed by atoms with Gasteiger partial charge in [-0.05, 0) is 41.9 Å². The van der Waals surface area contributed by atoms with Crippen LogP contribution in [0.3, 0.4) is 0 Å². The molecule has 0 spiro atoms. The van der Waals surface area contributed by atoms with Gasteiger partial charge in [-0.15, -0.1) is 0 Å². The Kier molecular flexibility index (Phi) is 5.96. The van der Waals surface area contributed by atoms with E-state index in [4.69, 9.17) is 0 Å². The smallest absolute Gasteiger partial charge is 0.200 e. The lowest BCUT2D eigenvalue weighted by Gasteiger charge is -2.19. The molecule has 0 fully saturated rings. The standard InChI is InChI=1S/C16H26N2O2S/c1-6-13(7-2)12-17-18-21(19,20)15-10-8-14(9-11-15)16(3,4)5/h8-13,18H,6-7H2,1-5H3/b17-12-. The topological polar surface area (TPSA) is 58.5 Å². The van der Waals surface area contributed by atoms with Crippen LogP contribution in [0.1, 0.15) is 53.0 Å². The summed E-state index contributed by atoms with van der Waals surface area (Å²) >= 11 is 0. The van der Waals surface area contributed by atoms with Crippen molar-refractivity contribution in [2.24, 2.45) is 11.0 Å². The highest BCUT2D eigenvalue weighted by atomic mass is 32.2. The van der Waals surface area contributed by atoms with E-state index in [0.717, 1.165) is 18.4 Å². The summed E-state index contributed by atoms with van der Waals surface area (Å²) < 4.78 is 24.3. The van der Waals surface area contributed by atoms with E-state index in [9.17, 15) is 8.42 Å². The molecule has 21 heavy (non-hydrogen) atoms. The van der Waals surface area contributed by atoms with Crippen LogP contribution in [0.5, 0.6) is 0 Å². The molecule has 0 aromatic heterocycles. The summed E-state index contributed by atoms with van der Waals surface area (Å²) in [6.45, 7) is 10.4. The maximum absolute atomic E-state index is 12.1. The highest BCUT2D eigenvalue weighted by molar-refractivity contribution is 7.89. The summed E-state index contributed by atoms with van der Waals surface area (Å²) in [5.74, 6) is 0.302. The van der Waals surface area contributed by atoms with E-state index in [0.29, 0.717) is 5.92 Å². The van der Waals surface area contributed by atoms with Crippen LogP contribution in [0.25, 0.3) is 0 Å². The maximum Gasteiger partial charge on any atom is 0.276 e. The Labute approximate surface area is 128 Å². The fourth-order valence-electron chi connectivity index (χ4n) is 1.89. The molecule has 5 heteroatoms. The first-order valence-corrected chi connectivity index (χ1v) is 8.84. The van der Waals surface area contributed by atoms with Crippen LogP contribution in [0, 0.1) is 5.92 Å². The average molecular weight is 310 g/mol. The lowest BCUT2D eigenvalue weighted by Crippen LogP contribution is -2.19. The minimum Gasteiger partial charge on any atom is -0.200 e. The number of nitrogens with one attached hydrogen (secondary N) is 1. The van der Waals surface area contributed by atoms with Crippen LogP contribution in [-0.4, -0.2) is 14.6 Å². The second-order valence-corrected chi connectivity index (χ2v) is 7.88. The van der Waals surface area contributed by atoms with E-state index >= 15 is 0 Å². The Hall–Kier alpha value is -1.36. The monoisotopic (exact) mass is 310 g/mol. The predicted molar refractivity (Wildman–Crippen MR) is 88.0 cm³/mol. The number of hydrogen-bond donors (Lipinski definition) is 1. The molecule has 0 amide bonds. The number of rotatable bonds is 6. The van der Waals surface area contributed by atoms with Gasteiger partial charge in [-0.25, -0.2) is 4.83 Å². The largest absolute Gasteiger partial charge is 0.276 e. The molecular formula is C16H26N2O2S. The van der Waals surface area contributed by atoms with E-state index in [2.05, 4.69) is 44.6 Å². The molecule has 1 N–H and O–H groups in total. The van der Waals surface area contributed by atoms with Gasteiger partial charge in [0.2, 0.25) is 0 Å². The number of sulfonamides is 1. The number of hydrogen-bond acceptors (Lipinski definition) is 3. The van der Waals surface area contributed by atoms with Gasteiger partial charge in [-0.1, -0.05) is 46.8 Å². The van der Waals surface area contributed by atoms with Crippen molar-refractivity contribution in [3.63, 3.8) is 0 Å². The minimum atomic E-state index is -3.58. The Morgan fingerprint density at radius 1 is 1.14 bits per heavy atom. The lowest BCUT2D eigenvalue weighted by atomic mass is 9.87. The fourth-order valence-corrected chi connectivity index (χ4v) is 2.69. The number of benzene rings is 1. The Morgan fingerprint density at radius 3 is 2.10 bits per heavy atom. The predicted octanol–water partition coefficient (Wildman–Crippen LogP) is 3.68. The molecule has 0 radical (unpaired) electrons. The molecule has 118 valence electrons. The van der Waals surface area contributed by atoms with Gasteiger partial charge in [0.25, 0.3) is 10.0 Å². The summed E-state index contributed by atoms with van der Waals surface area (Å²) in [4.78, 5) is 2.51. The fraction of sp³-hybridized carbons (Fsp3) is 0.562. The van der Waals surface area contributed by atoms with E-state index < -0.39 is 10.0 Å². The van der Waals surface area contributed by atoms with Gasteiger partial charge in [-0.2, -0.15) is 13.5 Å². The normalized spacial score (nSPS) is 13.0. The van der Waals surface area contributed by atoms with Gasteiger partial charge < -0.3 is 0 Å². The van der Waals surface area contributed by atoms with Crippen molar-refractivity contribution in [1.29, 1.82) is 0 Å². The highest BCUT2D eigenvalue weighted by Gasteiger charge is 2.17. The molecule has 1 rings (SSSR count). The second-order valence-electron chi connectivity index (χ2n) is 6.22. The molecule has 0 aliphatic rings. The molecule has 4 nitrogen and oxygen atoms in total. The van der Waals surface area contributed by atoms with Gasteiger partial charge in [0, 0.05) is 6.21 Å². The molecule has 0 saturated carbocycles. The van der Waals surface area contributed by atoms with Crippen molar-refractivity contribution in [3.8, 4) is 0 Å². The molecule has 0 atom stereocenters. The molecule has 1 aromatic rings. The summed E-state index contributed by atoms with van der Waals surface area (Å²) in [6, 6.07) is 6.93. The summed E-state index contributed by atoms with van der Waals surface area (Å²) in [5.41, 5.74) is 1.10. The molecule has 0 heterocycles. The zero-order valence-electron chi connectivity index (χ0n) is 13.6. The van der Waals surface area contributed by atoms with E-state index in [1.54, 1.807) is 18.3 Å². The van der Waals surface area contributed by atoms with Gasteiger partial charge >= 0.3 is 0 Å².